The summed E-state index contributed by atoms with van der Waals surface area (Å²) in [6.45, 7) is 4.87. The van der Waals surface area contributed by atoms with E-state index in [1.807, 2.05) is 36.7 Å². The van der Waals surface area contributed by atoms with Crippen molar-refractivity contribution in [3.63, 3.8) is 0 Å². The third-order valence-corrected chi connectivity index (χ3v) is 3.30. The largest absolute Gasteiger partial charge is 0.463 e. The zero-order valence-electron chi connectivity index (χ0n) is 11.8. The number of carbonyl (C=O) groups is 1. The van der Waals surface area contributed by atoms with E-state index in [0.717, 1.165) is 29.7 Å². The Morgan fingerprint density at radius 3 is 2.74 bits per heavy atom. The maximum Gasteiger partial charge on any atom is 0.348 e. The van der Waals surface area contributed by atoms with Crippen LogP contribution in [0.25, 0.3) is 11.0 Å². The predicted octanol–water partition coefficient (Wildman–Crippen LogP) is 1.98. The number of ether oxygens (including phenoxy) is 1. The molecule has 0 saturated carbocycles. The lowest BCUT2D eigenvalue weighted by Gasteiger charge is -2.03. The molecule has 0 aliphatic heterocycles. The van der Waals surface area contributed by atoms with Gasteiger partial charge in [0.15, 0.2) is 17.6 Å². The zero-order chi connectivity index (χ0) is 13.8. The van der Waals surface area contributed by atoms with Crippen molar-refractivity contribution in [2.24, 2.45) is 7.05 Å². The zero-order valence-corrected chi connectivity index (χ0v) is 11.8. The molecule has 1 heterocycles. The van der Waals surface area contributed by atoms with Crippen LogP contribution in [-0.4, -0.2) is 17.1 Å². The summed E-state index contributed by atoms with van der Waals surface area (Å²) in [6.07, 6.45) is 1.73. The Morgan fingerprint density at radius 2 is 2.05 bits per heavy atom. The fourth-order valence-corrected chi connectivity index (χ4v) is 2.43. The maximum atomic E-state index is 11.8. The normalized spacial score (nSPS) is 10.9. The molecule has 0 fully saturated rings. The van der Waals surface area contributed by atoms with Gasteiger partial charge >= 0.3 is 5.97 Å². The van der Waals surface area contributed by atoms with E-state index in [2.05, 4.69) is 17.6 Å². The Hall–Kier alpha value is -1.84. The van der Waals surface area contributed by atoms with Crippen LogP contribution in [0.5, 0.6) is 0 Å². The van der Waals surface area contributed by atoms with Gasteiger partial charge in [-0.05, 0) is 18.6 Å². The van der Waals surface area contributed by atoms with E-state index in [1.54, 1.807) is 0 Å². The van der Waals surface area contributed by atoms with Crippen molar-refractivity contribution >= 4 is 17.0 Å². The molecule has 4 nitrogen and oxygen atoms in total. The van der Waals surface area contributed by atoms with Crippen molar-refractivity contribution in [2.45, 2.75) is 33.2 Å². The molecule has 1 aromatic heterocycles. The van der Waals surface area contributed by atoms with Crippen molar-refractivity contribution in [1.29, 1.82) is 0 Å². The van der Waals surface area contributed by atoms with E-state index < -0.39 is 0 Å². The standard InChI is InChI=1S/C15H21N2O2/c1-4-10-19-15(18)11-17-13-9-7-6-8-12(13)16(3)14(17)5-2/h6-9H,4-5,10-11H2,1-3H3/q+1. The van der Waals surface area contributed by atoms with Gasteiger partial charge in [0.1, 0.15) is 0 Å². The topological polar surface area (TPSA) is 35.1 Å². The molecule has 1 aromatic carbocycles. The molecule has 0 N–H and O–H groups in total. The van der Waals surface area contributed by atoms with Gasteiger partial charge in [0, 0.05) is 6.42 Å². The van der Waals surface area contributed by atoms with E-state index in [-0.39, 0.29) is 12.5 Å². The van der Waals surface area contributed by atoms with Gasteiger partial charge in [0.2, 0.25) is 0 Å². The first-order chi connectivity index (χ1) is 9.19. The van der Waals surface area contributed by atoms with Gasteiger partial charge < -0.3 is 4.74 Å². The summed E-state index contributed by atoms with van der Waals surface area (Å²) >= 11 is 0. The van der Waals surface area contributed by atoms with Crippen molar-refractivity contribution in [2.75, 3.05) is 6.61 Å². The SMILES string of the molecule is CCCOC(=O)Cn1c(CC)[n+](C)c2ccccc21. The summed E-state index contributed by atoms with van der Waals surface area (Å²) in [5, 5.41) is 0. The average molecular weight is 261 g/mol. The number of hydrogen-bond donors (Lipinski definition) is 0. The highest BCUT2D eigenvalue weighted by Gasteiger charge is 2.23. The number of carbonyl (C=O) groups excluding carboxylic acids is 1. The minimum absolute atomic E-state index is 0.169. The summed E-state index contributed by atoms with van der Waals surface area (Å²) in [4.78, 5) is 11.8. The monoisotopic (exact) mass is 261 g/mol. The third-order valence-electron chi connectivity index (χ3n) is 3.30. The highest BCUT2D eigenvalue weighted by atomic mass is 16.5. The second-order valence-electron chi connectivity index (χ2n) is 4.62. The number of imidazole rings is 1. The van der Waals surface area contributed by atoms with Gasteiger partial charge in [0.25, 0.3) is 5.82 Å². The minimum Gasteiger partial charge on any atom is -0.463 e. The van der Waals surface area contributed by atoms with E-state index >= 15 is 0 Å². The molecule has 0 unspecified atom stereocenters. The number of fused-ring (bicyclic) bond motifs is 1. The number of esters is 1. The molecular weight excluding hydrogens is 240 g/mol. The highest BCUT2D eigenvalue weighted by Crippen LogP contribution is 2.14. The predicted molar refractivity (Wildman–Crippen MR) is 73.7 cm³/mol. The number of aryl methyl sites for hydroxylation is 1. The minimum atomic E-state index is -0.169. The van der Waals surface area contributed by atoms with Crippen LogP contribution >= 0.6 is 0 Å². The lowest BCUT2D eigenvalue weighted by molar-refractivity contribution is -0.653. The number of rotatable bonds is 5. The van der Waals surface area contributed by atoms with E-state index in [1.165, 1.54) is 0 Å². The molecule has 4 heteroatoms. The average Bonchev–Trinajstić information content (AvgIpc) is 2.70. The van der Waals surface area contributed by atoms with Crippen LogP contribution in [0.1, 0.15) is 26.1 Å². The van der Waals surface area contributed by atoms with Gasteiger partial charge in [-0.25, -0.2) is 13.9 Å². The van der Waals surface area contributed by atoms with Crippen molar-refractivity contribution < 1.29 is 14.1 Å². The van der Waals surface area contributed by atoms with Crippen LogP contribution in [0.4, 0.5) is 0 Å². The molecule has 2 aromatic rings. The van der Waals surface area contributed by atoms with Gasteiger partial charge in [-0.15, -0.1) is 0 Å². The lowest BCUT2D eigenvalue weighted by atomic mass is 10.3. The van der Waals surface area contributed by atoms with E-state index in [0.29, 0.717) is 6.61 Å². The van der Waals surface area contributed by atoms with Crippen LogP contribution in [0.2, 0.25) is 0 Å². The molecule has 0 bridgehead atoms. The molecule has 0 spiro atoms. The van der Waals surface area contributed by atoms with Crippen LogP contribution in [-0.2, 0) is 29.5 Å². The molecule has 0 aliphatic rings. The first kappa shape index (κ1) is 13.6. The maximum absolute atomic E-state index is 11.8. The fourth-order valence-electron chi connectivity index (χ4n) is 2.43. The van der Waals surface area contributed by atoms with Crippen LogP contribution in [0.3, 0.4) is 0 Å². The third kappa shape index (κ3) is 2.62. The summed E-state index contributed by atoms with van der Waals surface area (Å²) < 4.78 is 9.37. The van der Waals surface area contributed by atoms with E-state index in [4.69, 9.17) is 4.74 Å². The molecule has 19 heavy (non-hydrogen) atoms. The number of benzene rings is 1. The molecule has 0 saturated heterocycles. The Bertz CT molecular complexity index is 587. The van der Waals surface area contributed by atoms with Gasteiger partial charge in [0.05, 0.1) is 13.7 Å². The van der Waals surface area contributed by atoms with E-state index in [9.17, 15) is 4.79 Å². The van der Waals surface area contributed by atoms with Crippen molar-refractivity contribution in [1.82, 2.24) is 4.57 Å². The number of aromatic nitrogens is 2. The summed E-state index contributed by atoms with van der Waals surface area (Å²) in [5.41, 5.74) is 2.22. The first-order valence-corrected chi connectivity index (χ1v) is 6.80. The van der Waals surface area contributed by atoms with Crippen LogP contribution < -0.4 is 4.57 Å². The van der Waals surface area contributed by atoms with Crippen LogP contribution in [0.15, 0.2) is 24.3 Å². The van der Waals surface area contributed by atoms with Gasteiger partial charge in [-0.2, -0.15) is 0 Å². The Morgan fingerprint density at radius 1 is 1.32 bits per heavy atom. The Balaban J connectivity index is 2.38. The highest BCUT2D eigenvalue weighted by molar-refractivity contribution is 5.76. The van der Waals surface area contributed by atoms with Gasteiger partial charge in [-0.3, -0.25) is 0 Å². The van der Waals surface area contributed by atoms with Crippen molar-refractivity contribution in [3.8, 4) is 0 Å². The van der Waals surface area contributed by atoms with Crippen molar-refractivity contribution in [3.05, 3.63) is 30.1 Å². The summed E-state index contributed by atoms with van der Waals surface area (Å²) in [5.74, 6) is 0.965. The number of hydrogen-bond acceptors (Lipinski definition) is 2. The second kappa shape index (κ2) is 5.87. The first-order valence-electron chi connectivity index (χ1n) is 6.80. The fraction of sp³-hybridized carbons (Fsp3) is 0.467. The lowest BCUT2D eigenvalue weighted by Crippen LogP contribution is -2.33. The molecule has 0 atom stereocenters. The van der Waals surface area contributed by atoms with Crippen LogP contribution in [0, 0.1) is 0 Å². The number of nitrogens with zero attached hydrogens (tertiary/aromatic N) is 2. The molecule has 2 rings (SSSR count). The molecule has 0 radical (unpaired) electrons. The quantitative estimate of drug-likeness (QED) is 0.609. The molecule has 0 amide bonds. The molecule has 0 aliphatic carbocycles. The molecule has 102 valence electrons. The Labute approximate surface area is 113 Å². The Kier molecular flexibility index (Phi) is 4.20. The summed E-state index contributed by atoms with van der Waals surface area (Å²) in [7, 11) is 2.04. The summed E-state index contributed by atoms with van der Waals surface area (Å²) in [6, 6.07) is 8.13. The smallest absolute Gasteiger partial charge is 0.348 e. The number of para-hydroxylation sites is 2. The molecular formula is C15H21N2O2+. The second-order valence-corrected chi connectivity index (χ2v) is 4.62. The van der Waals surface area contributed by atoms with Gasteiger partial charge in [-0.1, -0.05) is 26.0 Å².